The van der Waals surface area contributed by atoms with Crippen LogP contribution >= 0.6 is 0 Å². The third kappa shape index (κ3) is 5.37. The first-order chi connectivity index (χ1) is 12.2. The van der Waals surface area contributed by atoms with Crippen LogP contribution in [0.2, 0.25) is 0 Å². The summed E-state index contributed by atoms with van der Waals surface area (Å²) >= 11 is 0. The van der Waals surface area contributed by atoms with E-state index in [1.165, 1.54) is 5.56 Å². The Bertz CT molecular complexity index is 631. The quantitative estimate of drug-likeness (QED) is 0.778. The third-order valence-corrected chi connectivity index (χ3v) is 4.67. The fraction of sp³-hybridized carbons (Fsp3) is 0.526. The van der Waals surface area contributed by atoms with Crippen LogP contribution < -0.4 is 0 Å². The number of aromatic nitrogens is 2. The molecule has 1 atom stereocenters. The van der Waals surface area contributed by atoms with Gasteiger partial charge in [0.15, 0.2) is 0 Å². The van der Waals surface area contributed by atoms with E-state index in [1.54, 1.807) is 0 Å². The van der Waals surface area contributed by atoms with Gasteiger partial charge in [-0.2, -0.15) is 0 Å². The van der Waals surface area contributed by atoms with E-state index in [4.69, 9.17) is 5.11 Å². The summed E-state index contributed by atoms with van der Waals surface area (Å²) in [5.74, 6) is 1.03. The van der Waals surface area contributed by atoms with Crippen LogP contribution in [0.5, 0.6) is 0 Å². The summed E-state index contributed by atoms with van der Waals surface area (Å²) in [7, 11) is 0. The lowest BCUT2D eigenvalue weighted by atomic mass is 10.2. The second-order valence-electron chi connectivity index (χ2n) is 6.72. The summed E-state index contributed by atoms with van der Waals surface area (Å²) in [6, 6.07) is 10.4. The van der Waals surface area contributed by atoms with Crippen LogP contribution in [0.25, 0.3) is 0 Å². The van der Waals surface area contributed by atoms with E-state index >= 15 is 0 Å². The molecular weight excluding hydrogens is 316 g/mol. The zero-order chi connectivity index (χ0) is 17.5. The Kier molecular flexibility index (Phi) is 6.58. The van der Waals surface area contributed by atoms with Gasteiger partial charge in [0.25, 0.3) is 0 Å². The molecule has 1 saturated heterocycles. The predicted molar refractivity (Wildman–Crippen MR) is 97.2 cm³/mol. The Labute approximate surface area is 149 Å². The van der Waals surface area contributed by atoms with Crippen LogP contribution in [0.4, 0.5) is 0 Å². The van der Waals surface area contributed by atoms with Crippen LogP contribution in [-0.4, -0.2) is 75.0 Å². The van der Waals surface area contributed by atoms with Crippen LogP contribution in [0.1, 0.15) is 17.8 Å². The number of nitrogens with zero attached hydrogens (tertiary/aromatic N) is 4. The predicted octanol–water partition coefficient (Wildman–Crippen LogP) is 0.792. The van der Waals surface area contributed by atoms with Crippen molar-refractivity contribution in [3.05, 3.63) is 54.1 Å². The molecule has 0 amide bonds. The fourth-order valence-electron chi connectivity index (χ4n) is 3.38. The summed E-state index contributed by atoms with van der Waals surface area (Å²) in [6.07, 6.45) is 4.26. The summed E-state index contributed by atoms with van der Waals surface area (Å²) in [4.78, 5) is 9.03. The van der Waals surface area contributed by atoms with Gasteiger partial charge in [-0.25, -0.2) is 4.98 Å². The maximum Gasteiger partial charge on any atom is 0.123 e. The van der Waals surface area contributed by atoms with Crippen molar-refractivity contribution in [2.24, 2.45) is 0 Å². The SMILES string of the molecule is OCCCN1CCN(Cc2nccn2Cc2ccccc2)CC(O)C1. The zero-order valence-electron chi connectivity index (χ0n) is 14.7. The molecule has 2 N–H and O–H groups in total. The average molecular weight is 344 g/mol. The maximum absolute atomic E-state index is 10.3. The van der Waals surface area contributed by atoms with Gasteiger partial charge >= 0.3 is 0 Å². The minimum atomic E-state index is -0.362. The fourth-order valence-corrected chi connectivity index (χ4v) is 3.38. The van der Waals surface area contributed by atoms with Gasteiger partial charge in [0, 0.05) is 58.3 Å². The number of benzene rings is 1. The van der Waals surface area contributed by atoms with Gasteiger partial charge in [-0.1, -0.05) is 30.3 Å². The van der Waals surface area contributed by atoms with Crippen molar-refractivity contribution < 1.29 is 10.2 Å². The molecule has 0 saturated carbocycles. The number of imidazole rings is 1. The lowest BCUT2D eigenvalue weighted by molar-refractivity contribution is 0.104. The van der Waals surface area contributed by atoms with Crippen molar-refractivity contribution in [3.63, 3.8) is 0 Å². The Hall–Kier alpha value is -1.73. The molecule has 136 valence electrons. The van der Waals surface area contributed by atoms with Crippen LogP contribution in [-0.2, 0) is 13.1 Å². The van der Waals surface area contributed by atoms with E-state index in [0.29, 0.717) is 13.1 Å². The monoisotopic (exact) mass is 344 g/mol. The number of hydrogen-bond acceptors (Lipinski definition) is 5. The Morgan fingerprint density at radius 1 is 1.04 bits per heavy atom. The van der Waals surface area contributed by atoms with Gasteiger partial charge in [-0.3, -0.25) is 9.80 Å². The number of aliphatic hydroxyl groups is 2. The number of β-amino-alcohol motifs (C(OH)–C–C–N with tert-alkyl or cyclic N) is 1. The molecule has 3 rings (SSSR count). The van der Waals surface area contributed by atoms with Crippen molar-refractivity contribution in [2.45, 2.75) is 25.6 Å². The molecule has 2 heterocycles. The molecule has 1 fully saturated rings. The van der Waals surface area contributed by atoms with Crippen LogP contribution in [0, 0.1) is 0 Å². The second-order valence-corrected chi connectivity index (χ2v) is 6.72. The Morgan fingerprint density at radius 3 is 2.60 bits per heavy atom. The van der Waals surface area contributed by atoms with Crippen LogP contribution in [0.3, 0.4) is 0 Å². The van der Waals surface area contributed by atoms with E-state index in [1.807, 2.05) is 18.5 Å². The lowest BCUT2D eigenvalue weighted by Gasteiger charge is -2.21. The zero-order valence-corrected chi connectivity index (χ0v) is 14.7. The van der Waals surface area contributed by atoms with Crippen molar-refractivity contribution in [2.75, 3.05) is 39.3 Å². The van der Waals surface area contributed by atoms with E-state index in [-0.39, 0.29) is 12.7 Å². The summed E-state index contributed by atoms with van der Waals surface area (Å²) in [5, 5.41) is 19.3. The highest BCUT2D eigenvalue weighted by molar-refractivity contribution is 5.15. The minimum Gasteiger partial charge on any atom is -0.396 e. The van der Waals surface area contributed by atoms with Gasteiger partial charge in [-0.05, 0) is 12.0 Å². The van der Waals surface area contributed by atoms with Gasteiger partial charge in [0.2, 0.25) is 0 Å². The topological polar surface area (TPSA) is 64.8 Å². The summed E-state index contributed by atoms with van der Waals surface area (Å²) in [6.45, 7) is 5.75. The molecule has 1 aromatic carbocycles. The molecule has 0 bridgehead atoms. The molecule has 2 aromatic rings. The Morgan fingerprint density at radius 2 is 1.80 bits per heavy atom. The molecular formula is C19H28N4O2. The maximum atomic E-state index is 10.3. The van der Waals surface area contributed by atoms with Crippen molar-refractivity contribution in [1.82, 2.24) is 19.4 Å². The smallest absolute Gasteiger partial charge is 0.123 e. The van der Waals surface area contributed by atoms with E-state index < -0.39 is 0 Å². The van der Waals surface area contributed by atoms with E-state index in [0.717, 1.165) is 45.0 Å². The standard InChI is InChI=1S/C19H28N4O2/c24-12-4-8-21-10-11-22(15-18(25)14-21)16-19-20-7-9-23(19)13-17-5-2-1-3-6-17/h1-3,5-7,9,18,24-25H,4,8,10-16H2. The molecule has 1 unspecified atom stereocenters. The molecule has 25 heavy (non-hydrogen) atoms. The highest BCUT2D eigenvalue weighted by Crippen LogP contribution is 2.11. The van der Waals surface area contributed by atoms with Gasteiger partial charge in [0.05, 0.1) is 12.6 Å². The van der Waals surface area contributed by atoms with Gasteiger partial charge in [-0.15, -0.1) is 0 Å². The Balaban J connectivity index is 1.60. The first-order valence-corrected chi connectivity index (χ1v) is 9.02. The third-order valence-electron chi connectivity index (χ3n) is 4.67. The van der Waals surface area contributed by atoms with E-state index in [2.05, 4.69) is 43.6 Å². The molecule has 6 nitrogen and oxygen atoms in total. The first-order valence-electron chi connectivity index (χ1n) is 9.02. The van der Waals surface area contributed by atoms with Crippen molar-refractivity contribution >= 4 is 0 Å². The normalized spacial score (nSPS) is 19.8. The number of hydrogen-bond donors (Lipinski definition) is 2. The van der Waals surface area contributed by atoms with Gasteiger partial charge < -0.3 is 14.8 Å². The molecule has 0 radical (unpaired) electrons. The number of aliphatic hydroxyl groups excluding tert-OH is 2. The highest BCUT2D eigenvalue weighted by Gasteiger charge is 2.22. The minimum absolute atomic E-state index is 0.202. The van der Waals surface area contributed by atoms with Crippen molar-refractivity contribution in [3.8, 4) is 0 Å². The number of rotatable bonds is 7. The summed E-state index contributed by atoms with van der Waals surface area (Å²) < 4.78 is 2.18. The second kappa shape index (κ2) is 9.10. The highest BCUT2D eigenvalue weighted by atomic mass is 16.3. The molecule has 1 aromatic heterocycles. The van der Waals surface area contributed by atoms with E-state index in [9.17, 15) is 5.11 Å². The average Bonchev–Trinajstić information content (AvgIpc) is 2.95. The van der Waals surface area contributed by atoms with Crippen LogP contribution in [0.15, 0.2) is 42.7 Å². The molecule has 1 aliphatic heterocycles. The van der Waals surface area contributed by atoms with Crippen molar-refractivity contribution in [1.29, 1.82) is 0 Å². The first kappa shape index (κ1) is 18.1. The molecule has 0 aliphatic carbocycles. The molecule has 6 heteroatoms. The molecule has 0 spiro atoms. The summed E-state index contributed by atoms with van der Waals surface area (Å²) in [5.41, 5.74) is 1.26. The van der Waals surface area contributed by atoms with Gasteiger partial charge in [0.1, 0.15) is 5.82 Å². The largest absolute Gasteiger partial charge is 0.396 e. The lowest BCUT2D eigenvalue weighted by Crippen LogP contribution is -2.34. The molecule has 1 aliphatic rings.